The highest BCUT2D eigenvalue weighted by molar-refractivity contribution is 6.04. The van der Waals surface area contributed by atoms with Crippen molar-refractivity contribution in [2.24, 2.45) is 0 Å². The van der Waals surface area contributed by atoms with E-state index >= 15 is 0 Å². The lowest BCUT2D eigenvalue weighted by Crippen LogP contribution is -2.57. The van der Waals surface area contributed by atoms with Crippen LogP contribution in [0.1, 0.15) is 12.2 Å². The molecule has 20 heavy (non-hydrogen) atoms. The SMILES string of the molecule is O=C1CC(C(=O)N(Cc2ccco2)c2ccccc2)N1. The number of anilines is 1. The normalized spacial score (nSPS) is 17.2. The molecule has 0 spiro atoms. The fourth-order valence-corrected chi connectivity index (χ4v) is 2.16. The smallest absolute Gasteiger partial charge is 0.250 e. The third-order valence-corrected chi connectivity index (χ3v) is 3.25. The molecule has 1 unspecified atom stereocenters. The first kappa shape index (κ1) is 12.5. The fraction of sp³-hybridized carbons (Fsp3) is 0.200. The summed E-state index contributed by atoms with van der Waals surface area (Å²) in [4.78, 5) is 25.1. The van der Waals surface area contributed by atoms with Gasteiger partial charge in [0, 0.05) is 5.69 Å². The van der Waals surface area contributed by atoms with Crippen LogP contribution < -0.4 is 10.2 Å². The van der Waals surface area contributed by atoms with E-state index in [0.29, 0.717) is 12.3 Å². The molecule has 1 aromatic heterocycles. The van der Waals surface area contributed by atoms with Crippen LogP contribution in [0.3, 0.4) is 0 Å². The molecule has 3 rings (SSSR count). The van der Waals surface area contributed by atoms with Gasteiger partial charge < -0.3 is 14.6 Å². The summed E-state index contributed by atoms with van der Waals surface area (Å²) in [7, 11) is 0. The summed E-state index contributed by atoms with van der Waals surface area (Å²) in [5, 5.41) is 2.61. The first-order valence-corrected chi connectivity index (χ1v) is 6.42. The minimum absolute atomic E-state index is 0.0886. The maximum atomic E-state index is 12.5. The second-order valence-electron chi connectivity index (χ2n) is 4.66. The van der Waals surface area contributed by atoms with Gasteiger partial charge >= 0.3 is 0 Å². The molecule has 1 fully saturated rings. The van der Waals surface area contributed by atoms with Crippen LogP contribution in [0.5, 0.6) is 0 Å². The number of carbonyl (C=O) groups excluding carboxylic acids is 2. The zero-order chi connectivity index (χ0) is 13.9. The second kappa shape index (κ2) is 5.21. The molecule has 1 N–H and O–H groups in total. The first-order chi connectivity index (χ1) is 9.74. The summed E-state index contributed by atoms with van der Waals surface area (Å²) in [5.41, 5.74) is 0.787. The molecular formula is C15H14N2O3. The molecule has 2 heterocycles. The molecule has 1 aliphatic rings. The lowest BCUT2D eigenvalue weighted by molar-refractivity contribution is -0.136. The third-order valence-electron chi connectivity index (χ3n) is 3.25. The summed E-state index contributed by atoms with van der Waals surface area (Å²) >= 11 is 0. The quantitative estimate of drug-likeness (QED) is 0.860. The Morgan fingerprint density at radius 2 is 2.00 bits per heavy atom. The van der Waals surface area contributed by atoms with Gasteiger partial charge in [0.25, 0.3) is 5.91 Å². The number of furan rings is 1. The van der Waals surface area contributed by atoms with Gasteiger partial charge in [-0.15, -0.1) is 0 Å². The number of nitrogens with one attached hydrogen (secondary N) is 1. The predicted molar refractivity (Wildman–Crippen MR) is 72.9 cm³/mol. The second-order valence-corrected chi connectivity index (χ2v) is 4.66. The van der Waals surface area contributed by atoms with Crippen molar-refractivity contribution in [2.75, 3.05) is 4.90 Å². The van der Waals surface area contributed by atoms with E-state index in [0.717, 1.165) is 5.69 Å². The van der Waals surface area contributed by atoms with Gasteiger partial charge in [-0.25, -0.2) is 0 Å². The Bertz CT molecular complexity index is 599. The Labute approximate surface area is 116 Å². The van der Waals surface area contributed by atoms with E-state index < -0.39 is 6.04 Å². The number of rotatable bonds is 4. The Morgan fingerprint density at radius 3 is 2.60 bits per heavy atom. The highest BCUT2D eigenvalue weighted by atomic mass is 16.3. The van der Waals surface area contributed by atoms with Crippen LogP contribution in [0.4, 0.5) is 5.69 Å². The van der Waals surface area contributed by atoms with Crippen molar-refractivity contribution in [3.05, 3.63) is 54.5 Å². The number of hydrogen-bond acceptors (Lipinski definition) is 3. The molecule has 1 aromatic carbocycles. The number of amides is 2. The van der Waals surface area contributed by atoms with Crippen molar-refractivity contribution in [1.29, 1.82) is 0 Å². The van der Waals surface area contributed by atoms with Crippen LogP contribution in [-0.2, 0) is 16.1 Å². The van der Waals surface area contributed by atoms with Crippen molar-refractivity contribution in [1.82, 2.24) is 5.32 Å². The number of carbonyl (C=O) groups is 2. The molecule has 0 radical (unpaired) electrons. The predicted octanol–water partition coefficient (Wildman–Crippen LogP) is 1.70. The first-order valence-electron chi connectivity index (χ1n) is 6.42. The van der Waals surface area contributed by atoms with Crippen LogP contribution in [0.2, 0.25) is 0 Å². The summed E-state index contributed by atoms with van der Waals surface area (Å²) in [6.07, 6.45) is 1.83. The highest BCUT2D eigenvalue weighted by Crippen LogP contribution is 2.20. The average molecular weight is 270 g/mol. The van der Waals surface area contributed by atoms with E-state index in [4.69, 9.17) is 4.42 Å². The molecule has 5 heteroatoms. The summed E-state index contributed by atoms with van der Waals surface area (Å²) in [6, 6.07) is 12.5. The number of para-hydroxylation sites is 1. The molecule has 0 bridgehead atoms. The molecule has 2 amide bonds. The minimum Gasteiger partial charge on any atom is -0.467 e. The maximum Gasteiger partial charge on any atom is 0.250 e. The maximum absolute atomic E-state index is 12.5. The zero-order valence-electron chi connectivity index (χ0n) is 10.8. The van der Waals surface area contributed by atoms with Crippen molar-refractivity contribution in [3.8, 4) is 0 Å². The Hall–Kier alpha value is -2.56. The average Bonchev–Trinajstić information content (AvgIpc) is 2.95. The largest absolute Gasteiger partial charge is 0.467 e. The van der Waals surface area contributed by atoms with Gasteiger partial charge in [-0.2, -0.15) is 0 Å². The molecule has 102 valence electrons. The number of nitrogens with zero attached hydrogens (tertiary/aromatic N) is 1. The molecule has 1 aliphatic heterocycles. The van der Waals surface area contributed by atoms with Crippen LogP contribution >= 0.6 is 0 Å². The standard InChI is InChI=1S/C15H14N2O3/c18-14-9-13(16-14)15(19)17(10-12-7-4-8-20-12)11-5-2-1-3-6-11/h1-8,13H,9-10H2,(H,16,18). The number of hydrogen-bond donors (Lipinski definition) is 1. The Kier molecular flexibility index (Phi) is 3.25. The molecule has 2 aromatic rings. The molecule has 1 atom stereocenters. The van der Waals surface area contributed by atoms with Gasteiger partial charge in [0.2, 0.25) is 5.91 Å². The number of β-lactam (4-membered cyclic amide) rings is 1. The van der Waals surface area contributed by atoms with E-state index in [9.17, 15) is 9.59 Å². The summed E-state index contributed by atoms with van der Waals surface area (Å²) < 4.78 is 5.31. The summed E-state index contributed by atoms with van der Waals surface area (Å²) in [6.45, 7) is 0.349. The van der Waals surface area contributed by atoms with Crippen LogP contribution in [0.15, 0.2) is 53.1 Å². The van der Waals surface area contributed by atoms with Gasteiger partial charge in [0.1, 0.15) is 11.8 Å². The van der Waals surface area contributed by atoms with Gasteiger partial charge in [-0.1, -0.05) is 18.2 Å². The van der Waals surface area contributed by atoms with Gasteiger partial charge in [-0.05, 0) is 24.3 Å². The van der Waals surface area contributed by atoms with Crippen LogP contribution in [0, 0.1) is 0 Å². The third kappa shape index (κ3) is 2.42. The zero-order valence-corrected chi connectivity index (χ0v) is 10.8. The topological polar surface area (TPSA) is 62.6 Å². The minimum atomic E-state index is -0.433. The van der Waals surface area contributed by atoms with E-state index in [1.807, 2.05) is 36.4 Å². The fourth-order valence-electron chi connectivity index (χ4n) is 2.16. The van der Waals surface area contributed by atoms with Crippen LogP contribution in [0.25, 0.3) is 0 Å². The van der Waals surface area contributed by atoms with Crippen molar-refractivity contribution in [2.45, 2.75) is 19.0 Å². The van der Waals surface area contributed by atoms with Crippen molar-refractivity contribution < 1.29 is 14.0 Å². The van der Waals surface area contributed by atoms with Crippen molar-refractivity contribution >= 4 is 17.5 Å². The van der Waals surface area contributed by atoms with Gasteiger partial charge in [0.05, 0.1) is 19.2 Å². The summed E-state index contributed by atoms with van der Waals surface area (Å²) in [5.74, 6) is 0.495. The number of benzene rings is 1. The lowest BCUT2D eigenvalue weighted by atomic mass is 10.0. The Balaban J connectivity index is 1.83. The molecular weight excluding hydrogens is 256 g/mol. The Morgan fingerprint density at radius 1 is 1.25 bits per heavy atom. The molecule has 5 nitrogen and oxygen atoms in total. The van der Waals surface area contributed by atoms with Crippen molar-refractivity contribution in [3.63, 3.8) is 0 Å². The monoisotopic (exact) mass is 270 g/mol. The van der Waals surface area contributed by atoms with E-state index in [-0.39, 0.29) is 18.2 Å². The van der Waals surface area contributed by atoms with Gasteiger partial charge in [0.15, 0.2) is 0 Å². The van der Waals surface area contributed by atoms with Crippen LogP contribution in [-0.4, -0.2) is 17.9 Å². The molecule has 0 saturated carbocycles. The van der Waals surface area contributed by atoms with Gasteiger partial charge in [-0.3, -0.25) is 9.59 Å². The lowest BCUT2D eigenvalue weighted by Gasteiger charge is -2.31. The van der Waals surface area contributed by atoms with E-state index in [1.165, 1.54) is 0 Å². The van der Waals surface area contributed by atoms with E-state index in [2.05, 4.69) is 5.32 Å². The van der Waals surface area contributed by atoms with E-state index in [1.54, 1.807) is 17.2 Å². The molecule has 0 aliphatic carbocycles. The molecule has 1 saturated heterocycles. The highest BCUT2D eigenvalue weighted by Gasteiger charge is 2.35.